The molecule has 1 aliphatic rings. The second kappa shape index (κ2) is 8.76. The lowest BCUT2D eigenvalue weighted by Crippen LogP contribution is -2.03. The molecule has 0 saturated heterocycles. The van der Waals surface area contributed by atoms with Gasteiger partial charge in [-0.05, 0) is 42.5 Å². The molecule has 4 heterocycles. The Morgan fingerprint density at radius 2 is 1.83 bits per heavy atom. The monoisotopic (exact) mass is 571 g/mol. The fourth-order valence-corrected chi connectivity index (χ4v) is 7.12. The van der Waals surface area contributed by atoms with Crippen LogP contribution >= 0.6 is 39.0 Å². The van der Waals surface area contributed by atoms with Gasteiger partial charge in [0.25, 0.3) is 0 Å². The minimum atomic E-state index is 0.0494. The van der Waals surface area contributed by atoms with Crippen LogP contribution in [0.2, 0.25) is 0 Å². The summed E-state index contributed by atoms with van der Waals surface area (Å²) >= 11 is 6.41. The highest BCUT2D eigenvalue weighted by Crippen LogP contribution is 2.42. The van der Waals surface area contributed by atoms with Crippen molar-refractivity contribution in [1.29, 1.82) is 0 Å². The summed E-state index contributed by atoms with van der Waals surface area (Å²) in [5.41, 5.74) is 7.35. The van der Waals surface area contributed by atoms with E-state index in [-0.39, 0.29) is 11.5 Å². The lowest BCUT2D eigenvalue weighted by Gasteiger charge is -2.09. The van der Waals surface area contributed by atoms with Gasteiger partial charge in [-0.2, -0.15) is 0 Å². The standard InChI is InChI=1S/C27H18BrN5OS2/c28-17-11-9-15(10-12-17)20(34)13-35-27-32-31-25-24-23(29-14-33(25)27)21-18-7-4-8-19(18)22(30-26(21)36-24)16-5-2-1-3-6-16/h1-3,5-6,9-12,14H,4,7-8,13H2. The maximum atomic E-state index is 12.7. The zero-order valence-electron chi connectivity index (χ0n) is 18.9. The van der Waals surface area contributed by atoms with Crippen molar-refractivity contribution in [3.05, 3.63) is 82.1 Å². The van der Waals surface area contributed by atoms with Crippen LogP contribution in [0.3, 0.4) is 0 Å². The Morgan fingerprint density at radius 3 is 2.67 bits per heavy atom. The molecule has 0 saturated carbocycles. The molecule has 0 atom stereocenters. The number of rotatable bonds is 5. The minimum absolute atomic E-state index is 0.0494. The molecule has 9 heteroatoms. The summed E-state index contributed by atoms with van der Waals surface area (Å²) < 4.78 is 3.82. The molecule has 0 aliphatic heterocycles. The van der Waals surface area contributed by atoms with Gasteiger partial charge in [0.1, 0.15) is 15.9 Å². The Morgan fingerprint density at radius 1 is 1.03 bits per heavy atom. The van der Waals surface area contributed by atoms with Crippen molar-refractivity contribution in [2.75, 3.05) is 5.75 Å². The van der Waals surface area contributed by atoms with E-state index in [2.05, 4.69) is 50.4 Å². The van der Waals surface area contributed by atoms with Gasteiger partial charge in [-0.3, -0.25) is 9.20 Å². The van der Waals surface area contributed by atoms with Crippen LogP contribution in [0.4, 0.5) is 0 Å². The number of Topliss-reactive ketones (excluding diaryl/α,β-unsaturated/α-hetero) is 1. The number of carbonyl (C=O) groups is 1. The molecule has 6 aromatic rings. The topological polar surface area (TPSA) is 73.0 Å². The molecule has 0 amide bonds. The number of thioether (sulfide) groups is 1. The lowest BCUT2D eigenvalue weighted by atomic mass is 10.0. The molecule has 0 spiro atoms. The third kappa shape index (κ3) is 3.56. The number of benzene rings is 2. The number of ketones is 1. The summed E-state index contributed by atoms with van der Waals surface area (Å²) in [5, 5.41) is 10.7. The van der Waals surface area contributed by atoms with Gasteiger partial charge in [0.2, 0.25) is 0 Å². The predicted octanol–water partition coefficient (Wildman–Crippen LogP) is 6.78. The smallest absolute Gasteiger partial charge is 0.197 e. The third-order valence-corrected chi connectivity index (χ3v) is 9.14. The van der Waals surface area contributed by atoms with Gasteiger partial charge in [-0.25, -0.2) is 9.97 Å². The molecule has 0 bridgehead atoms. The van der Waals surface area contributed by atoms with E-state index in [4.69, 9.17) is 9.97 Å². The number of aryl methyl sites for hydroxylation is 1. The van der Waals surface area contributed by atoms with E-state index in [1.54, 1.807) is 17.7 Å². The maximum absolute atomic E-state index is 12.7. The number of hydrogen-bond donors (Lipinski definition) is 0. The number of aromatic nitrogens is 5. The Kier molecular flexibility index (Phi) is 5.37. The largest absolute Gasteiger partial charge is 0.293 e. The van der Waals surface area contributed by atoms with Crippen LogP contribution in [0, 0.1) is 0 Å². The van der Waals surface area contributed by atoms with E-state index in [9.17, 15) is 4.79 Å². The number of nitrogens with zero attached hydrogens (tertiary/aromatic N) is 5. The van der Waals surface area contributed by atoms with Gasteiger partial charge in [-0.15, -0.1) is 21.5 Å². The zero-order chi connectivity index (χ0) is 24.2. The van der Waals surface area contributed by atoms with E-state index < -0.39 is 0 Å². The number of pyridine rings is 1. The second-order valence-electron chi connectivity index (χ2n) is 8.74. The normalized spacial score (nSPS) is 13.1. The molecule has 4 aromatic heterocycles. The van der Waals surface area contributed by atoms with Gasteiger partial charge in [0, 0.05) is 21.0 Å². The molecule has 176 valence electrons. The van der Waals surface area contributed by atoms with Gasteiger partial charge in [0.15, 0.2) is 16.6 Å². The van der Waals surface area contributed by atoms with Gasteiger partial charge >= 0.3 is 0 Å². The summed E-state index contributed by atoms with van der Waals surface area (Å²) in [7, 11) is 0. The Hall–Kier alpha value is -3.14. The fourth-order valence-electron chi connectivity index (χ4n) is 4.92. The maximum Gasteiger partial charge on any atom is 0.197 e. The van der Waals surface area contributed by atoms with Crippen LogP contribution in [0.5, 0.6) is 0 Å². The summed E-state index contributed by atoms with van der Waals surface area (Å²) in [6, 6.07) is 17.8. The van der Waals surface area contributed by atoms with E-state index >= 15 is 0 Å². The number of thiophene rings is 1. The van der Waals surface area contributed by atoms with Crippen LogP contribution in [-0.2, 0) is 12.8 Å². The fraction of sp³-hybridized carbons (Fsp3) is 0.148. The van der Waals surface area contributed by atoms with Crippen molar-refractivity contribution in [3.63, 3.8) is 0 Å². The Bertz CT molecular complexity index is 1790. The van der Waals surface area contributed by atoms with E-state index in [1.165, 1.54) is 22.9 Å². The zero-order valence-corrected chi connectivity index (χ0v) is 22.2. The molecule has 0 unspecified atom stereocenters. The number of fused-ring (bicyclic) bond motifs is 7. The first-order valence-corrected chi connectivity index (χ1v) is 14.2. The first-order chi connectivity index (χ1) is 17.7. The average molecular weight is 573 g/mol. The van der Waals surface area contributed by atoms with Crippen LogP contribution in [-0.4, -0.2) is 36.1 Å². The molecule has 0 N–H and O–H groups in total. The molecule has 7 rings (SSSR count). The van der Waals surface area contributed by atoms with Crippen LogP contribution in [0.1, 0.15) is 27.9 Å². The quantitative estimate of drug-likeness (QED) is 0.168. The molecule has 6 nitrogen and oxygen atoms in total. The van der Waals surface area contributed by atoms with Crippen molar-refractivity contribution >= 4 is 70.9 Å². The van der Waals surface area contributed by atoms with Crippen molar-refractivity contribution in [2.45, 2.75) is 24.4 Å². The lowest BCUT2D eigenvalue weighted by molar-refractivity contribution is 0.102. The molecular formula is C27H18BrN5OS2. The summed E-state index contributed by atoms with van der Waals surface area (Å²) in [4.78, 5) is 23.6. The van der Waals surface area contributed by atoms with Crippen molar-refractivity contribution in [1.82, 2.24) is 24.6 Å². The van der Waals surface area contributed by atoms with Crippen LogP contribution in [0.25, 0.3) is 37.3 Å². The summed E-state index contributed by atoms with van der Waals surface area (Å²) in [5.74, 6) is 0.330. The SMILES string of the molecule is O=C(CSc1nnc2c3sc4nc(-c5ccccc5)c5c(c4c3ncn12)CCC5)c1ccc(Br)cc1. The van der Waals surface area contributed by atoms with Crippen LogP contribution < -0.4 is 0 Å². The summed E-state index contributed by atoms with van der Waals surface area (Å²) in [6.45, 7) is 0. The number of carbonyl (C=O) groups excluding carboxylic acids is 1. The minimum Gasteiger partial charge on any atom is -0.293 e. The highest BCUT2D eigenvalue weighted by atomic mass is 79.9. The van der Waals surface area contributed by atoms with E-state index in [0.29, 0.717) is 10.7 Å². The first kappa shape index (κ1) is 22.1. The van der Waals surface area contributed by atoms with Crippen molar-refractivity contribution < 1.29 is 4.79 Å². The van der Waals surface area contributed by atoms with Crippen LogP contribution in [0.15, 0.2) is 70.6 Å². The van der Waals surface area contributed by atoms with Gasteiger partial charge < -0.3 is 0 Å². The highest BCUT2D eigenvalue weighted by Gasteiger charge is 2.25. The van der Waals surface area contributed by atoms with Gasteiger partial charge in [0.05, 0.1) is 17.0 Å². The van der Waals surface area contributed by atoms with Gasteiger partial charge in [-0.1, -0.05) is 70.2 Å². The Balaban J connectivity index is 1.30. The molecule has 0 radical (unpaired) electrons. The average Bonchev–Trinajstić information content (AvgIpc) is 3.63. The third-order valence-electron chi connectivity index (χ3n) is 6.60. The second-order valence-corrected chi connectivity index (χ2v) is 11.6. The van der Waals surface area contributed by atoms with E-state index in [0.717, 1.165) is 61.1 Å². The molecule has 1 aliphatic carbocycles. The molecule has 36 heavy (non-hydrogen) atoms. The van der Waals surface area contributed by atoms with Crippen molar-refractivity contribution in [2.24, 2.45) is 0 Å². The number of hydrogen-bond acceptors (Lipinski definition) is 7. The summed E-state index contributed by atoms with van der Waals surface area (Å²) in [6.07, 6.45) is 5.00. The molecular weight excluding hydrogens is 554 g/mol. The first-order valence-electron chi connectivity index (χ1n) is 11.6. The van der Waals surface area contributed by atoms with Crippen molar-refractivity contribution in [3.8, 4) is 11.3 Å². The highest BCUT2D eigenvalue weighted by molar-refractivity contribution is 9.10. The predicted molar refractivity (Wildman–Crippen MR) is 148 cm³/mol. The Labute approximate surface area is 222 Å². The van der Waals surface area contributed by atoms with E-state index in [1.807, 2.05) is 34.7 Å². The molecule has 0 fully saturated rings. The number of halogens is 1. The molecule has 2 aromatic carbocycles.